The molecule has 0 aliphatic heterocycles. The van der Waals surface area contributed by atoms with E-state index in [2.05, 4.69) is 10.4 Å². The van der Waals surface area contributed by atoms with Crippen molar-refractivity contribution in [2.75, 3.05) is 20.3 Å². The molecule has 0 saturated carbocycles. The lowest BCUT2D eigenvalue weighted by Crippen LogP contribution is -2.27. The summed E-state index contributed by atoms with van der Waals surface area (Å²) in [5, 5.41) is 16.7. The number of halogens is 1. The van der Waals surface area contributed by atoms with Gasteiger partial charge in [0.1, 0.15) is 16.8 Å². The van der Waals surface area contributed by atoms with Crippen LogP contribution in [0.15, 0.2) is 35.9 Å². The molecule has 2 aromatic rings. The SMILES string of the molecule is COCCNC(=O)/C(C#N)=C/c1c(C)nn(Cc2ccccc2)c1Cl. The minimum atomic E-state index is -0.467. The fraction of sp³-hybridized carbons (Fsp3) is 0.278. The molecular formula is C18H19ClN4O2. The molecule has 0 unspecified atom stereocenters. The van der Waals surface area contributed by atoms with Gasteiger partial charge in [-0.15, -0.1) is 0 Å². The molecule has 7 heteroatoms. The summed E-state index contributed by atoms with van der Waals surface area (Å²) in [7, 11) is 1.54. The molecule has 0 spiro atoms. The summed E-state index contributed by atoms with van der Waals surface area (Å²) in [5.41, 5.74) is 2.25. The topological polar surface area (TPSA) is 79.9 Å². The van der Waals surface area contributed by atoms with Crippen molar-refractivity contribution in [3.05, 3.63) is 57.9 Å². The Labute approximate surface area is 151 Å². The summed E-state index contributed by atoms with van der Waals surface area (Å²) < 4.78 is 6.52. The van der Waals surface area contributed by atoms with Gasteiger partial charge in [-0.2, -0.15) is 10.4 Å². The molecular weight excluding hydrogens is 340 g/mol. The van der Waals surface area contributed by atoms with Gasteiger partial charge >= 0.3 is 0 Å². The van der Waals surface area contributed by atoms with Gasteiger partial charge < -0.3 is 10.1 Å². The Morgan fingerprint density at radius 2 is 2.16 bits per heavy atom. The summed E-state index contributed by atoms with van der Waals surface area (Å²) in [6, 6.07) is 11.7. The Morgan fingerprint density at radius 1 is 1.44 bits per heavy atom. The highest BCUT2D eigenvalue weighted by Gasteiger charge is 2.15. The number of amides is 1. The van der Waals surface area contributed by atoms with Crippen LogP contribution in [-0.2, 0) is 16.1 Å². The Morgan fingerprint density at radius 3 is 2.80 bits per heavy atom. The molecule has 0 fully saturated rings. The number of hydrogen-bond acceptors (Lipinski definition) is 4. The predicted molar refractivity (Wildman–Crippen MR) is 96.0 cm³/mol. The van der Waals surface area contributed by atoms with Crippen LogP contribution in [0.1, 0.15) is 16.8 Å². The third-order valence-electron chi connectivity index (χ3n) is 3.53. The van der Waals surface area contributed by atoms with E-state index in [1.165, 1.54) is 13.2 Å². The van der Waals surface area contributed by atoms with Crippen LogP contribution in [-0.4, -0.2) is 35.9 Å². The third-order valence-corrected chi connectivity index (χ3v) is 3.93. The minimum absolute atomic E-state index is 0.0274. The van der Waals surface area contributed by atoms with Crippen molar-refractivity contribution in [1.82, 2.24) is 15.1 Å². The smallest absolute Gasteiger partial charge is 0.262 e. The van der Waals surface area contributed by atoms with Crippen LogP contribution in [0.2, 0.25) is 5.15 Å². The number of ether oxygens (including phenoxy) is 1. The van der Waals surface area contributed by atoms with Gasteiger partial charge in [-0.1, -0.05) is 41.9 Å². The Bertz CT molecular complexity index is 806. The number of aryl methyl sites for hydroxylation is 1. The van der Waals surface area contributed by atoms with Gasteiger partial charge in [0, 0.05) is 19.2 Å². The van der Waals surface area contributed by atoms with Crippen molar-refractivity contribution in [2.24, 2.45) is 0 Å². The van der Waals surface area contributed by atoms with Gasteiger partial charge in [-0.25, -0.2) is 4.68 Å². The summed E-state index contributed by atoms with van der Waals surface area (Å²) in [4.78, 5) is 12.0. The molecule has 1 aromatic carbocycles. The lowest BCUT2D eigenvalue weighted by Gasteiger charge is -2.04. The van der Waals surface area contributed by atoms with Crippen molar-refractivity contribution in [2.45, 2.75) is 13.5 Å². The molecule has 0 radical (unpaired) electrons. The van der Waals surface area contributed by atoms with E-state index in [9.17, 15) is 10.1 Å². The molecule has 1 heterocycles. The number of hydrogen-bond donors (Lipinski definition) is 1. The largest absolute Gasteiger partial charge is 0.383 e. The molecule has 0 aliphatic rings. The van der Waals surface area contributed by atoms with Gasteiger partial charge in [0.25, 0.3) is 5.91 Å². The molecule has 130 valence electrons. The first kappa shape index (κ1) is 18.7. The second kappa shape index (κ2) is 9.02. The van der Waals surface area contributed by atoms with Crippen LogP contribution < -0.4 is 5.32 Å². The average molecular weight is 359 g/mol. The first-order chi connectivity index (χ1) is 12.1. The molecule has 1 aromatic heterocycles. The number of nitrogens with zero attached hydrogens (tertiary/aromatic N) is 3. The van der Waals surface area contributed by atoms with Gasteiger partial charge in [-0.3, -0.25) is 4.79 Å². The van der Waals surface area contributed by atoms with E-state index in [0.717, 1.165) is 5.56 Å². The fourth-order valence-electron chi connectivity index (χ4n) is 2.25. The molecule has 1 amide bonds. The molecule has 0 aliphatic carbocycles. The molecule has 0 bridgehead atoms. The van der Waals surface area contributed by atoms with E-state index in [1.54, 1.807) is 11.6 Å². The monoisotopic (exact) mass is 358 g/mol. The van der Waals surface area contributed by atoms with Crippen LogP contribution in [0.5, 0.6) is 0 Å². The predicted octanol–water partition coefficient (Wildman–Crippen LogP) is 2.56. The van der Waals surface area contributed by atoms with Gasteiger partial charge in [0.2, 0.25) is 0 Å². The summed E-state index contributed by atoms with van der Waals surface area (Å²) in [6.45, 7) is 3.00. The number of carbonyl (C=O) groups excluding carboxylic acids is 1. The maximum Gasteiger partial charge on any atom is 0.262 e. The zero-order valence-electron chi connectivity index (χ0n) is 14.1. The Hall–Kier alpha value is -2.62. The zero-order valence-corrected chi connectivity index (χ0v) is 14.9. The average Bonchev–Trinajstić information content (AvgIpc) is 2.87. The van der Waals surface area contributed by atoms with Gasteiger partial charge in [-0.05, 0) is 18.6 Å². The Kier molecular flexibility index (Phi) is 6.75. The van der Waals surface area contributed by atoms with Crippen LogP contribution in [0.25, 0.3) is 6.08 Å². The van der Waals surface area contributed by atoms with Crippen molar-refractivity contribution >= 4 is 23.6 Å². The summed E-state index contributed by atoms with van der Waals surface area (Å²) in [5.74, 6) is -0.467. The molecule has 0 saturated heterocycles. The van der Waals surface area contributed by atoms with E-state index in [0.29, 0.717) is 36.1 Å². The molecule has 6 nitrogen and oxygen atoms in total. The van der Waals surface area contributed by atoms with E-state index >= 15 is 0 Å². The number of nitriles is 1. The summed E-state index contributed by atoms with van der Waals surface area (Å²) in [6.07, 6.45) is 1.47. The van der Waals surface area contributed by atoms with Crippen molar-refractivity contribution in [3.8, 4) is 6.07 Å². The van der Waals surface area contributed by atoms with Crippen molar-refractivity contribution in [3.63, 3.8) is 0 Å². The maximum absolute atomic E-state index is 12.0. The van der Waals surface area contributed by atoms with E-state index in [4.69, 9.17) is 16.3 Å². The van der Waals surface area contributed by atoms with Crippen LogP contribution in [0.3, 0.4) is 0 Å². The lowest BCUT2D eigenvalue weighted by molar-refractivity contribution is -0.117. The van der Waals surface area contributed by atoms with E-state index in [-0.39, 0.29) is 5.57 Å². The Balaban J connectivity index is 2.23. The highest BCUT2D eigenvalue weighted by molar-refractivity contribution is 6.31. The van der Waals surface area contributed by atoms with E-state index in [1.807, 2.05) is 36.4 Å². The number of nitrogens with one attached hydrogen (secondary N) is 1. The number of aromatic nitrogens is 2. The molecule has 1 N–H and O–H groups in total. The number of carbonyl (C=O) groups is 1. The highest BCUT2D eigenvalue weighted by atomic mass is 35.5. The lowest BCUT2D eigenvalue weighted by atomic mass is 10.1. The minimum Gasteiger partial charge on any atom is -0.383 e. The number of rotatable bonds is 7. The third kappa shape index (κ3) is 4.92. The standard InChI is InChI=1S/C18H19ClN4O2/c1-13-16(10-15(11-20)18(24)21-8-9-25-2)17(19)23(22-13)12-14-6-4-3-5-7-14/h3-7,10H,8-9,12H2,1-2H3,(H,21,24)/b15-10+. The van der Waals surface area contributed by atoms with Crippen LogP contribution in [0.4, 0.5) is 0 Å². The molecule has 0 atom stereocenters. The van der Waals surface area contributed by atoms with Crippen LogP contribution in [0, 0.1) is 18.3 Å². The maximum atomic E-state index is 12.0. The van der Waals surface area contributed by atoms with Crippen molar-refractivity contribution in [1.29, 1.82) is 5.26 Å². The molecule has 2 rings (SSSR count). The second-order valence-corrected chi connectivity index (χ2v) is 5.71. The first-order valence-corrected chi connectivity index (χ1v) is 8.10. The normalized spacial score (nSPS) is 11.2. The first-order valence-electron chi connectivity index (χ1n) is 7.72. The number of benzene rings is 1. The second-order valence-electron chi connectivity index (χ2n) is 5.35. The zero-order chi connectivity index (χ0) is 18.2. The quantitative estimate of drug-likeness (QED) is 0.468. The fourth-order valence-corrected chi connectivity index (χ4v) is 2.54. The molecule has 25 heavy (non-hydrogen) atoms. The van der Waals surface area contributed by atoms with Gasteiger partial charge in [0.15, 0.2) is 0 Å². The number of methoxy groups -OCH3 is 1. The summed E-state index contributed by atoms with van der Waals surface area (Å²) >= 11 is 6.41. The van der Waals surface area contributed by atoms with Gasteiger partial charge in [0.05, 0.1) is 18.8 Å². The van der Waals surface area contributed by atoms with Crippen LogP contribution >= 0.6 is 11.6 Å². The van der Waals surface area contributed by atoms with E-state index < -0.39 is 5.91 Å². The van der Waals surface area contributed by atoms with Crippen molar-refractivity contribution < 1.29 is 9.53 Å². The highest BCUT2D eigenvalue weighted by Crippen LogP contribution is 2.23.